The van der Waals surface area contributed by atoms with Crippen molar-refractivity contribution in [3.05, 3.63) is 29.8 Å². The van der Waals surface area contributed by atoms with Gasteiger partial charge < -0.3 is 9.84 Å². The smallest absolute Gasteiger partial charge is 0.139 e. The molecule has 0 fully saturated rings. The summed E-state index contributed by atoms with van der Waals surface area (Å²) < 4.78 is 5.21. The van der Waals surface area contributed by atoms with Crippen LogP contribution in [0.3, 0.4) is 0 Å². The van der Waals surface area contributed by atoms with E-state index in [1.165, 1.54) is 0 Å². The van der Waals surface area contributed by atoms with Crippen molar-refractivity contribution in [2.45, 2.75) is 12.5 Å². The van der Waals surface area contributed by atoms with Gasteiger partial charge in [-0.15, -0.1) is 0 Å². The van der Waals surface area contributed by atoms with Gasteiger partial charge in [0.1, 0.15) is 11.9 Å². The number of nitrogens with one attached hydrogen (secondary N) is 1. The second-order valence-corrected chi connectivity index (χ2v) is 2.68. The van der Waals surface area contributed by atoms with Crippen molar-refractivity contribution in [2.24, 2.45) is 0 Å². The lowest BCUT2D eigenvalue weighted by atomic mass is 10.2. The van der Waals surface area contributed by atoms with Crippen LogP contribution in [0.1, 0.15) is 18.1 Å². The van der Waals surface area contributed by atoms with Gasteiger partial charge in [0.05, 0.1) is 12.8 Å². The zero-order chi connectivity index (χ0) is 8.39. The van der Waals surface area contributed by atoms with Gasteiger partial charge in [-0.05, 0) is 6.08 Å². The Hall–Kier alpha value is -1.29. The number of aromatic nitrogens is 2. The monoisotopic (exact) mass is 166 g/mol. The number of H-pyrrole nitrogens is 1. The normalized spacial score (nSPS) is 18.6. The third-order valence-corrected chi connectivity index (χ3v) is 1.84. The van der Waals surface area contributed by atoms with E-state index in [0.29, 0.717) is 12.4 Å². The first kappa shape index (κ1) is 7.36. The Morgan fingerprint density at radius 1 is 1.67 bits per heavy atom. The lowest BCUT2D eigenvalue weighted by molar-refractivity contribution is 0.119. The molecule has 2 N–H and O–H groups in total. The molecule has 12 heavy (non-hydrogen) atoms. The van der Waals surface area contributed by atoms with Gasteiger partial charge in [-0.3, -0.25) is 5.10 Å². The highest BCUT2D eigenvalue weighted by molar-refractivity contribution is 5.18. The molecule has 0 spiro atoms. The molecule has 2 rings (SSSR count). The van der Waals surface area contributed by atoms with E-state index in [2.05, 4.69) is 10.2 Å². The summed E-state index contributed by atoms with van der Waals surface area (Å²) in [5, 5.41) is 16.0. The first-order chi connectivity index (χ1) is 5.88. The molecule has 0 saturated carbocycles. The molecule has 4 heteroatoms. The van der Waals surface area contributed by atoms with Crippen molar-refractivity contribution in [1.29, 1.82) is 0 Å². The minimum absolute atomic E-state index is 0.636. The van der Waals surface area contributed by atoms with Crippen molar-refractivity contribution in [3.8, 4) is 0 Å². The van der Waals surface area contributed by atoms with Gasteiger partial charge in [0.2, 0.25) is 0 Å². The number of ether oxygens (including phenoxy) is 1. The van der Waals surface area contributed by atoms with Gasteiger partial charge in [0, 0.05) is 18.2 Å². The van der Waals surface area contributed by atoms with Gasteiger partial charge >= 0.3 is 0 Å². The average molecular weight is 166 g/mol. The molecule has 1 unspecified atom stereocenters. The largest absolute Gasteiger partial charge is 0.495 e. The average Bonchev–Trinajstić information content (AvgIpc) is 2.77. The molecule has 0 bridgehead atoms. The van der Waals surface area contributed by atoms with Crippen LogP contribution in [0.2, 0.25) is 0 Å². The van der Waals surface area contributed by atoms with Crippen molar-refractivity contribution in [1.82, 2.24) is 10.2 Å². The van der Waals surface area contributed by atoms with E-state index in [1.807, 2.05) is 6.08 Å². The predicted molar refractivity (Wildman–Crippen MR) is 42.2 cm³/mol. The number of hydrogen-bond acceptors (Lipinski definition) is 3. The van der Waals surface area contributed by atoms with Gasteiger partial charge in [-0.2, -0.15) is 5.10 Å². The molecule has 0 aliphatic carbocycles. The van der Waals surface area contributed by atoms with Crippen LogP contribution >= 0.6 is 0 Å². The van der Waals surface area contributed by atoms with Crippen molar-refractivity contribution >= 4 is 0 Å². The van der Waals surface area contributed by atoms with E-state index >= 15 is 0 Å². The minimum atomic E-state index is -0.661. The molecule has 1 aliphatic heterocycles. The van der Waals surface area contributed by atoms with Crippen LogP contribution < -0.4 is 0 Å². The molecule has 0 amide bonds. The summed E-state index contributed by atoms with van der Waals surface area (Å²) in [7, 11) is 0. The second-order valence-electron chi connectivity index (χ2n) is 2.68. The summed E-state index contributed by atoms with van der Waals surface area (Å²) in [4.78, 5) is 0. The van der Waals surface area contributed by atoms with Crippen LogP contribution in [0.15, 0.2) is 24.2 Å². The molecule has 1 atom stereocenters. The molecular weight excluding hydrogens is 156 g/mol. The zero-order valence-corrected chi connectivity index (χ0v) is 6.53. The number of aliphatic hydroxyl groups excluding tert-OH is 1. The van der Waals surface area contributed by atoms with Crippen molar-refractivity contribution < 1.29 is 9.84 Å². The number of aliphatic hydroxyl groups is 1. The van der Waals surface area contributed by atoms with E-state index in [9.17, 15) is 5.11 Å². The highest BCUT2D eigenvalue weighted by Crippen LogP contribution is 2.24. The minimum Gasteiger partial charge on any atom is -0.495 e. The lowest BCUT2D eigenvalue weighted by Gasteiger charge is -2.09. The highest BCUT2D eigenvalue weighted by atomic mass is 16.5. The van der Waals surface area contributed by atoms with Gasteiger partial charge in [0.25, 0.3) is 0 Å². The maximum atomic E-state index is 9.66. The lowest BCUT2D eigenvalue weighted by Crippen LogP contribution is -2.00. The van der Waals surface area contributed by atoms with E-state index in [-0.39, 0.29) is 0 Å². The fraction of sp³-hybridized carbons (Fsp3) is 0.375. The predicted octanol–water partition coefficient (Wildman–Crippen LogP) is 0.747. The molecule has 0 radical (unpaired) electrons. The third kappa shape index (κ3) is 1.21. The van der Waals surface area contributed by atoms with E-state index in [0.717, 1.165) is 12.0 Å². The van der Waals surface area contributed by atoms with Crippen LogP contribution in [0.25, 0.3) is 0 Å². The number of hydrogen-bond donors (Lipinski definition) is 2. The Morgan fingerprint density at radius 3 is 3.17 bits per heavy atom. The summed E-state index contributed by atoms with van der Waals surface area (Å²) >= 11 is 0. The molecule has 1 aromatic rings. The maximum absolute atomic E-state index is 9.66. The van der Waals surface area contributed by atoms with Crippen molar-refractivity contribution in [2.75, 3.05) is 6.61 Å². The molecule has 0 aromatic carbocycles. The first-order valence-corrected chi connectivity index (χ1v) is 3.87. The highest BCUT2D eigenvalue weighted by Gasteiger charge is 2.18. The first-order valence-electron chi connectivity index (χ1n) is 3.87. The summed E-state index contributed by atoms with van der Waals surface area (Å²) in [5.74, 6) is 0.636. The standard InChI is InChI=1S/C8H10N2O2/c11-8(6-4-9-10-5-6)7-2-1-3-12-7/h2,4-5,8,11H,1,3H2,(H,9,10). The molecule has 1 aromatic heterocycles. The summed E-state index contributed by atoms with van der Waals surface area (Å²) in [5.41, 5.74) is 0.739. The van der Waals surface area contributed by atoms with Gasteiger partial charge in [0.15, 0.2) is 0 Å². The molecule has 1 aliphatic rings. The molecule has 2 heterocycles. The Labute approximate surface area is 69.9 Å². The van der Waals surface area contributed by atoms with Crippen molar-refractivity contribution in [3.63, 3.8) is 0 Å². The molecule has 0 saturated heterocycles. The molecule has 4 nitrogen and oxygen atoms in total. The second kappa shape index (κ2) is 2.98. The molecular formula is C8H10N2O2. The maximum Gasteiger partial charge on any atom is 0.139 e. The quantitative estimate of drug-likeness (QED) is 0.681. The van der Waals surface area contributed by atoms with Crippen LogP contribution in [-0.4, -0.2) is 21.9 Å². The number of aromatic amines is 1. The van der Waals surface area contributed by atoms with Crippen LogP contribution in [0, 0.1) is 0 Å². The van der Waals surface area contributed by atoms with Crippen LogP contribution in [0.5, 0.6) is 0 Å². The number of rotatable bonds is 2. The van der Waals surface area contributed by atoms with E-state index in [1.54, 1.807) is 12.4 Å². The van der Waals surface area contributed by atoms with Gasteiger partial charge in [-0.25, -0.2) is 0 Å². The van der Waals surface area contributed by atoms with Gasteiger partial charge in [-0.1, -0.05) is 0 Å². The van der Waals surface area contributed by atoms with Crippen LogP contribution in [0.4, 0.5) is 0 Å². The van der Waals surface area contributed by atoms with Crippen LogP contribution in [-0.2, 0) is 4.74 Å². The Balaban J connectivity index is 2.14. The summed E-state index contributed by atoms with van der Waals surface area (Å²) in [6, 6.07) is 0. The number of nitrogens with zero attached hydrogens (tertiary/aromatic N) is 1. The fourth-order valence-electron chi connectivity index (χ4n) is 1.20. The Kier molecular flexibility index (Phi) is 1.83. The molecule has 64 valence electrons. The zero-order valence-electron chi connectivity index (χ0n) is 6.53. The topological polar surface area (TPSA) is 58.1 Å². The summed E-state index contributed by atoms with van der Waals surface area (Å²) in [6.45, 7) is 0.671. The SMILES string of the molecule is OC(C1=CCCO1)c1cn[nH]c1. The Morgan fingerprint density at radius 2 is 2.58 bits per heavy atom. The van der Waals surface area contributed by atoms with E-state index in [4.69, 9.17) is 4.74 Å². The summed E-state index contributed by atoms with van der Waals surface area (Å²) in [6.07, 6.45) is 5.37. The Bertz CT molecular complexity index is 279. The third-order valence-electron chi connectivity index (χ3n) is 1.84. The fourth-order valence-corrected chi connectivity index (χ4v) is 1.20. The van der Waals surface area contributed by atoms with E-state index < -0.39 is 6.10 Å².